The molecular formula is C8H18N2O4S. The van der Waals surface area contributed by atoms with Gasteiger partial charge in [-0.1, -0.05) is 20.3 Å². The summed E-state index contributed by atoms with van der Waals surface area (Å²) in [6, 6.07) is -0.642. The average molecular weight is 238 g/mol. The number of nitrogens with two attached hydrogens (primary N) is 1. The van der Waals surface area contributed by atoms with Crippen molar-refractivity contribution in [2.45, 2.75) is 26.3 Å². The molecule has 0 spiro atoms. The second-order valence-electron chi connectivity index (χ2n) is 3.49. The van der Waals surface area contributed by atoms with E-state index in [1.54, 1.807) is 0 Å². The minimum Gasteiger partial charge on any atom is -0.354 e. The number of carbonyl (C=O) groups excluding carboxylic acids is 1. The van der Waals surface area contributed by atoms with E-state index in [4.69, 9.17) is 10.3 Å². The molecule has 15 heavy (non-hydrogen) atoms. The molecule has 7 heteroatoms. The van der Waals surface area contributed by atoms with E-state index in [-0.39, 0.29) is 12.5 Å². The van der Waals surface area contributed by atoms with Crippen molar-refractivity contribution < 1.29 is 17.8 Å². The minimum atomic E-state index is -4.03. The largest absolute Gasteiger partial charge is 0.354 e. The number of hydrogen-bond acceptors (Lipinski definition) is 4. The van der Waals surface area contributed by atoms with Gasteiger partial charge in [0.05, 0.1) is 11.8 Å². The summed E-state index contributed by atoms with van der Waals surface area (Å²) in [5.41, 5.74) is 5.60. The summed E-state index contributed by atoms with van der Waals surface area (Å²) in [4.78, 5) is 11.3. The number of nitrogens with one attached hydrogen (secondary N) is 1. The molecule has 0 aromatic carbocycles. The third kappa shape index (κ3) is 6.43. The van der Waals surface area contributed by atoms with Crippen molar-refractivity contribution in [2.75, 3.05) is 12.3 Å². The Hall–Kier alpha value is -0.660. The Bertz CT molecular complexity index is 302. The highest BCUT2D eigenvalue weighted by Crippen LogP contribution is 2.04. The van der Waals surface area contributed by atoms with Crippen molar-refractivity contribution in [2.24, 2.45) is 11.7 Å². The van der Waals surface area contributed by atoms with Crippen LogP contribution in [0, 0.1) is 5.92 Å². The molecular weight excluding hydrogens is 220 g/mol. The topological polar surface area (TPSA) is 109 Å². The van der Waals surface area contributed by atoms with E-state index in [9.17, 15) is 13.2 Å². The predicted molar refractivity (Wildman–Crippen MR) is 56.9 cm³/mol. The van der Waals surface area contributed by atoms with Crippen LogP contribution >= 0.6 is 0 Å². The SMILES string of the molecule is CCC(C)C(N)C(=O)NCCS(=O)(=O)O. The van der Waals surface area contributed by atoms with Crippen LogP contribution in [0.1, 0.15) is 20.3 Å². The Morgan fingerprint density at radius 2 is 2.07 bits per heavy atom. The fourth-order valence-corrected chi connectivity index (χ4v) is 1.29. The number of carbonyl (C=O) groups is 1. The molecule has 2 unspecified atom stereocenters. The Balaban J connectivity index is 3.94. The van der Waals surface area contributed by atoms with Gasteiger partial charge >= 0.3 is 0 Å². The van der Waals surface area contributed by atoms with Crippen molar-refractivity contribution in [3.63, 3.8) is 0 Å². The quantitative estimate of drug-likeness (QED) is 0.533. The first kappa shape index (κ1) is 14.3. The summed E-state index contributed by atoms with van der Waals surface area (Å²) in [6.45, 7) is 3.63. The molecule has 0 aliphatic carbocycles. The molecule has 4 N–H and O–H groups in total. The van der Waals surface area contributed by atoms with E-state index in [0.29, 0.717) is 0 Å². The van der Waals surface area contributed by atoms with E-state index in [1.165, 1.54) is 0 Å². The maximum Gasteiger partial charge on any atom is 0.266 e. The first-order valence-corrected chi connectivity index (χ1v) is 6.37. The molecule has 90 valence electrons. The third-order valence-electron chi connectivity index (χ3n) is 2.22. The first-order chi connectivity index (χ1) is 6.78. The standard InChI is InChI=1S/C8H18N2O4S/c1-3-6(2)7(9)8(11)10-4-5-15(12,13)14/h6-7H,3-5,9H2,1-2H3,(H,10,11)(H,12,13,14). The maximum atomic E-state index is 11.3. The molecule has 0 saturated carbocycles. The zero-order valence-electron chi connectivity index (χ0n) is 8.93. The van der Waals surface area contributed by atoms with E-state index in [0.717, 1.165) is 6.42 Å². The lowest BCUT2D eigenvalue weighted by Crippen LogP contribution is -2.45. The van der Waals surface area contributed by atoms with Crippen LogP contribution in [0.15, 0.2) is 0 Å². The fraction of sp³-hybridized carbons (Fsp3) is 0.875. The van der Waals surface area contributed by atoms with Gasteiger partial charge in [-0.25, -0.2) is 0 Å². The fourth-order valence-electron chi connectivity index (χ4n) is 0.933. The van der Waals surface area contributed by atoms with E-state index in [2.05, 4.69) is 5.32 Å². The molecule has 0 aliphatic rings. The van der Waals surface area contributed by atoms with Gasteiger partial charge in [-0.3, -0.25) is 9.35 Å². The van der Waals surface area contributed by atoms with Crippen molar-refractivity contribution in [1.29, 1.82) is 0 Å². The molecule has 0 fully saturated rings. The highest BCUT2D eigenvalue weighted by molar-refractivity contribution is 7.85. The van der Waals surface area contributed by atoms with Crippen LogP contribution in [-0.4, -0.2) is 37.2 Å². The normalized spacial score (nSPS) is 15.7. The Kier molecular flexibility index (Phi) is 5.77. The third-order valence-corrected chi connectivity index (χ3v) is 2.94. The zero-order valence-corrected chi connectivity index (χ0v) is 9.75. The summed E-state index contributed by atoms with van der Waals surface area (Å²) in [5.74, 6) is -0.852. The lowest BCUT2D eigenvalue weighted by molar-refractivity contribution is -0.123. The summed E-state index contributed by atoms with van der Waals surface area (Å²) >= 11 is 0. The minimum absolute atomic E-state index is 0.0377. The van der Waals surface area contributed by atoms with Crippen molar-refractivity contribution in [3.05, 3.63) is 0 Å². The molecule has 0 aromatic rings. The predicted octanol–water partition coefficient (Wildman–Crippen LogP) is -0.636. The van der Waals surface area contributed by atoms with Gasteiger partial charge in [0.1, 0.15) is 0 Å². The summed E-state index contributed by atoms with van der Waals surface area (Å²) < 4.78 is 29.1. The molecule has 0 aliphatic heterocycles. The zero-order chi connectivity index (χ0) is 12.1. The van der Waals surface area contributed by atoms with Gasteiger partial charge in [-0.15, -0.1) is 0 Å². The van der Waals surface area contributed by atoms with Crippen molar-refractivity contribution in [3.8, 4) is 0 Å². The molecule has 0 heterocycles. The van der Waals surface area contributed by atoms with Crippen LogP contribution in [0.5, 0.6) is 0 Å². The molecule has 0 rings (SSSR count). The lowest BCUT2D eigenvalue weighted by Gasteiger charge is -2.17. The van der Waals surface area contributed by atoms with Crippen LogP contribution in [0.2, 0.25) is 0 Å². The second kappa shape index (κ2) is 6.04. The van der Waals surface area contributed by atoms with E-state index >= 15 is 0 Å². The van der Waals surface area contributed by atoms with Gasteiger partial charge in [0, 0.05) is 6.54 Å². The molecule has 1 amide bonds. The first-order valence-electron chi connectivity index (χ1n) is 4.76. The van der Waals surface area contributed by atoms with Crippen LogP contribution < -0.4 is 11.1 Å². The molecule has 6 nitrogen and oxygen atoms in total. The van der Waals surface area contributed by atoms with Gasteiger partial charge in [0.2, 0.25) is 5.91 Å². The second-order valence-corrected chi connectivity index (χ2v) is 5.06. The summed E-state index contributed by atoms with van der Waals surface area (Å²) in [6.07, 6.45) is 0.771. The van der Waals surface area contributed by atoms with Crippen LogP contribution in [0.25, 0.3) is 0 Å². The lowest BCUT2D eigenvalue weighted by atomic mass is 9.99. The molecule has 0 bridgehead atoms. The summed E-state index contributed by atoms with van der Waals surface area (Å²) in [5, 5.41) is 2.35. The van der Waals surface area contributed by atoms with Gasteiger partial charge in [0.25, 0.3) is 10.1 Å². The Morgan fingerprint density at radius 3 is 2.47 bits per heavy atom. The highest BCUT2D eigenvalue weighted by Gasteiger charge is 2.19. The number of rotatable bonds is 6. The molecule has 0 saturated heterocycles. The maximum absolute atomic E-state index is 11.3. The van der Waals surface area contributed by atoms with Crippen molar-refractivity contribution >= 4 is 16.0 Å². The van der Waals surface area contributed by atoms with Gasteiger partial charge < -0.3 is 11.1 Å². The molecule has 0 aromatic heterocycles. The number of hydrogen-bond donors (Lipinski definition) is 3. The highest BCUT2D eigenvalue weighted by atomic mass is 32.2. The molecule has 2 atom stereocenters. The van der Waals surface area contributed by atoms with Crippen LogP contribution in [-0.2, 0) is 14.9 Å². The summed E-state index contributed by atoms with van der Waals surface area (Å²) in [7, 11) is -4.03. The van der Waals surface area contributed by atoms with Gasteiger partial charge in [-0.05, 0) is 5.92 Å². The van der Waals surface area contributed by atoms with E-state index in [1.807, 2.05) is 13.8 Å². The van der Waals surface area contributed by atoms with Gasteiger partial charge in [0.15, 0.2) is 0 Å². The Labute approximate surface area is 90.0 Å². The van der Waals surface area contributed by atoms with Crippen LogP contribution in [0.3, 0.4) is 0 Å². The Morgan fingerprint density at radius 1 is 1.53 bits per heavy atom. The molecule has 0 radical (unpaired) electrons. The van der Waals surface area contributed by atoms with Gasteiger partial charge in [-0.2, -0.15) is 8.42 Å². The van der Waals surface area contributed by atoms with E-state index < -0.39 is 27.8 Å². The number of amides is 1. The smallest absolute Gasteiger partial charge is 0.266 e. The monoisotopic (exact) mass is 238 g/mol. The van der Waals surface area contributed by atoms with Crippen molar-refractivity contribution in [1.82, 2.24) is 5.32 Å². The van der Waals surface area contributed by atoms with Crippen LogP contribution in [0.4, 0.5) is 0 Å². The average Bonchev–Trinajstić information content (AvgIpc) is 2.13.